The van der Waals surface area contributed by atoms with Gasteiger partial charge in [-0.3, -0.25) is 9.59 Å². The van der Waals surface area contributed by atoms with Crippen molar-refractivity contribution in [2.24, 2.45) is 0 Å². The Kier molecular flexibility index (Phi) is 47.2. The molecule has 7 atom stereocenters. The topological polar surface area (TPSA) is 175 Å². The van der Waals surface area contributed by atoms with Gasteiger partial charge in [0, 0.05) is 12.8 Å². The summed E-state index contributed by atoms with van der Waals surface area (Å²) in [6.45, 7) is 4.28. The normalized spacial score (nSPS) is 19.3. The molecule has 0 aromatic carbocycles. The van der Waals surface area contributed by atoms with Gasteiger partial charge in [-0.2, -0.15) is 0 Å². The van der Waals surface area contributed by atoms with E-state index in [1.54, 1.807) is 6.08 Å². The molecule has 1 rings (SSSR count). The molecule has 0 spiro atoms. The lowest BCUT2D eigenvalue weighted by atomic mass is 9.99. The Hall–Kier alpha value is -2.12. The van der Waals surface area contributed by atoms with Crippen LogP contribution < -0.4 is 5.32 Å². The summed E-state index contributed by atoms with van der Waals surface area (Å²) in [4.78, 5) is 25.0. The van der Waals surface area contributed by atoms with E-state index in [9.17, 15) is 35.1 Å². The van der Waals surface area contributed by atoms with Crippen LogP contribution in [0.2, 0.25) is 0 Å². The molecule has 0 aliphatic carbocycles. The Morgan fingerprint density at radius 3 is 1.37 bits per heavy atom. The van der Waals surface area contributed by atoms with Crippen molar-refractivity contribution in [1.82, 2.24) is 5.32 Å². The Balaban J connectivity index is 2.03. The fourth-order valence-electron chi connectivity index (χ4n) is 9.19. The summed E-state index contributed by atoms with van der Waals surface area (Å²) in [5.74, 6) is -0.207. The maximum absolute atomic E-state index is 13.0. The molecule has 11 nitrogen and oxygen atoms in total. The highest BCUT2D eigenvalue weighted by Gasteiger charge is 2.44. The van der Waals surface area contributed by atoms with Crippen molar-refractivity contribution in [3.63, 3.8) is 0 Å². The van der Waals surface area contributed by atoms with Crippen LogP contribution in [-0.4, -0.2) is 100 Å². The minimum atomic E-state index is -1.57. The van der Waals surface area contributed by atoms with Crippen LogP contribution in [0.3, 0.4) is 0 Å². The fraction of sp³-hybridized carbons (Fsp3) is 0.867. The molecule has 0 aromatic heterocycles. The van der Waals surface area contributed by atoms with E-state index in [4.69, 9.17) is 14.2 Å². The Bertz CT molecular complexity index is 1280. The molecule has 1 aliphatic rings. The fourth-order valence-corrected chi connectivity index (χ4v) is 9.19. The number of carbonyl (C=O) groups excluding carboxylic acids is 2. The zero-order valence-corrected chi connectivity index (χ0v) is 45.7. The lowest BCUT2D eigenvalue weighted by Crippen LogP contribution is -2.60. The smallest absolute Gasteiger partial charge is 0.305 e. The second kappa shape index (κ2) is 50.1. The largest absolute Gasteiger partial charge is 0.466 e. The summed E-state index contributed by atoms with van der Waals surface area (Å²) in [5, 5.41) is 54.2. The minimum absolute atomic E-state index is 0.0146. The van der Waals surface area contributed by atoms with E-state index >= 15 is 0 Å². The standard InChI is InChI=1S/C60H111NO10/c1-3-5-7-9-11-13-14-24-28-32-36-40-44-48-56(65)69-49-45-41-37-33-29-26-23-21-19-17-15-16-18-20-22-25-27-31-35-39-43-47-55(64)61-52(53(63)46-42-38-34-30-12-10-8-6-4-2)51-70-60-59(68)58(67)57(66)54(50-62)71-60/h13-14,16,18,42,46,52-54,57-60,62-63,66-68H,3-12,15,17,19-41,43-45,47-51H2,1-2H3,(H,61,64)/b14-13-,18-16-,46-42+. The van der Waals surface area contributed by atoms with Gasteiger partial charge in [-0.05, 0) is 83.5 Å². The number of rotatable bonds is 51. The quantitative estimate of drug-likeness (QED) is 0.0195. The van der Waals surface area contributed by atoms with Crippen LogP contribution >= 0.6 is 0 Å². The average Bonchev–Trinajstić information content (AvgIpc) is 3.37. The van der Waals surface area contributed by atoms with Gasteiger partial charge in [-0.15, -0.1) is 0 Å². The third-order valence-corrected chi connectivity index (χ3v) is 14.0. The molecule has 7 unspecified atom stereocenters. The first-order valence-electron chi connectivity index (χ1n) is 29.8. The number of hydrogen-bond donors (Lipinski definition) is 6. The molecule has 0 aromatic rings. The first kappa shape index (κ1) is 66.9. The first-order chi connectivity index (χ1) is 34.7. The molecular formula is C60H111NO10. The number of aliphatic hydroxyl groups excluding tert-OH is 5. The predicted octanol–water partition coefficient (Wildman–Crippen LogP) is 13.5. The van der Waals surface area contributed by atoms with Gasteiger partial charge in [-0.1, -0.05) is 211 Å². The second-order valence-corrected chi connectivity index (χ2v) is 20.7. The summed E-state index contributed by atoms with van der Waals surface area (Å²) < 4.78 is 16.7. The number of allylic oxidation sites excluding steroid dienone is 5. The number of carbonyl (C=O) groups is 2. The van der Waals surface area contributed by atoms with E-state index in [0.717, 1.165) is 77.0 Å². The Labute approximate surface area is 434 Å². The second-order valence-electron chi connectivity index (χ2n) is 20.7. The Morgan fingerprint density at radius 1 is 0.507 bits per heavy atom. The van der Waals surface area contributed by atoms with Gasteiger partial charge in [0.05, 0.1) is 32.0 Å². The van der Waals surface area contributed by atoms with E-state index in [0.29, 0.717) is 19.4 Å². The third kappa shape index (κ3) is 39.9. The van der Waals surface area contributed by atoms with E-state index in [2.05, 4.69) is 43.5 Å². The van der Waals surface area contributed by atoms with Crippen LogP contribution in [0.1, 0.15) is 271 Å². The van der Waals surface area contributed by atoms with Crippen molar-refractivity contribution in [3.05, 3.63) is 36.5 Å². The van der Waals surface area contributed by atoms with Crippen LogP contribution in [0.4, 0.5) is 0 Å². The van der Waals surface area contributed by atoms with Crippen molar-refractivity contribution in [3.8, 4) is 0 Å². The maximum atomic E-state index is 13.0. The molecule has 1 aliphatic heterocycles. The summed E-state index contributed by atoms with van der Waals surface area (Å²) in [5.41, 5.74) is 0. The van der Waals surface area contributed by atoms with Crippen molar-refractivity contribution in [2.45, 2.75) is 314 Å². The van der Waals surface area contributed by atoms with Crippen molar-refractivity contribution in [1.29, 1.82) is 0 Å². The number of nitrogens with one attached hydrogen (secondary N) is 1. The van der Waals surface area contributed by atoms with Gasteiger partial charge in [-0.25, -0.2) is 0 Å². The minimum Gasteiger partial charge on any atom is -0.466 e. The predicted molar refractivity (Wildman–Crippen MR) is 292 cm³/mol. The molecule has 0 radical (unpaired) electrons. The van der Waals surface area contributed by atoms with E-state index in [-0.39, 0.29) is 18.5 Å². The molecular weight excluding hydrogens is 895 g/mol. The highest BCUT2D eigenvalue weighted by Crippen LogP contribution is 2.23. The third-order valence-electron chi connectivity index (χ3n) is 14.0. The maximum Gasteiger partial charge on any atom is 0.305 e. The molecule has 1 saturated heterocycles. The van der Waals surface area contributed by atoms with Gasteiger partial charge in [0.1, 0.15) is 24.4 Å². The van der Waals surface area contributed by atoms with Gasteiger partial charge < -0.3 is 45.1 Å². The molecule has 416 valence electrons. The number of amides is 1. The molecule has 71 heavy (non-hydrogen) atoms. The zero-order valence-electron chi connectivity index (χ0n) is 45.7. The monoisotopic (exact) mass is 1010 g/mol. The van der Waals surface area contributed by atoms with E-state index < -0.39 is 49.5 Å². The lowest BCUT2D eigenvalue weighted by molar-refractivity contribution is -0.302. The van der Waals surface area contributed by atoms with Gasteiger partial charge in [0.2, 0.25) is 5.91 Å². The molecule has 6 N–H and O–H groups in total. The van der Waals surface area contributed by atoms with Crippen molar-refractivity contribution >= 4 is 11.9 Å². The zero-order chi connectivity index (χ0) is 51.7. The van der Waals surface area contributed by atoms with Crippen LogP contribution in [0.25, 0.3) is 0 Å². The molecule has 11 heteroatoms. The first-order valence-corrected chi connectivity index (χ1v) is 29.8. The number of aliphatic hydroxyl groups is 5. The highest BCUT2D eigenvalue weighted by atomic mass is 16.7. The summed E-state index contributed by atoms with van der Waals surface area (Å²) in [6, 6.07) is -0.814. The highest BCUT2D eigenvalue weighted by molar-refractivity contribution is 5.76. The molecule has 1 amide bonds. The Morgan fingerprint density at radius 2 is 0.901 bits per heavy atom. The summed E-state index contributed by atoms with van der Waals surface area (Å²) >= 11 is 0. The SMILES string of the molecule is CCCCCC/C=C\CCCCCCCC(=O)OCCCCCCCCCCCC/C=C\CCCCCCCCCC(=O)NC(COC1OC(CO)C(O)C(O)C1O)C(O)/C=C/CCCCCCCCC. The van der Waals surface area contributed by atoms with Crippen molar-refractivity contribution in [2.75, 3.05) is 19.8 Å². The number of hydrogen-bond acceptors (Lipinski definition) is 10. The van der Waals surface area contributed by atoms with Crippen LogP contribution in [0.15, 0.2) is 36.5 Å². The lowest BCUT2D eigenvalue weighted by Gasteiger charge is -2.40. The molecule has 1 fully saturated rings. The van der Waals surface area contributed by atoms with E-state index in [1.165, 1.54) is 167 Å². The van der Waals surface area contributed by atoms with Gasteiger partial charge in [0.15, 0.2) is 6.29 Å². The number of unbranched alkanes of at least 4 members (excludes halogenated alkanes) is 33. The number of esters is 1. The average molecular weight is 1010 g/mol. The summed E-state index contributed by atoms with van der Waals surface area (Å²) in [7, 11) is 0. The molecule has 1 heterocycles. The van der Waals surface area contributed by atoms with Crippen LogP contribution in [0, 0.1) is 0 Å². The van der Waals surface area contributed by atoms with Gasteiger partial charge in [0.25, 0.3) is 0 Å². The van der Waals surface area contributed by atoms with Crippen LogP contribution in [0.5, 0.6) is 0 Å². The molecule has 0 bridgehead atoms. The number of ether oxygens (including phenoxy) is 3. The van der Waals surface area contributed by atoms with Gasteiger partial charge >= 0.3 is 5.97 Å². The van der Waals surface area contributed by atoms with E-state index in [1.807, 2.05) is 6.08 Å². The van der Waals surface area contributed by atoms with Crippen molar-refractivity contribution < 1.29 is 49.3 Å². The summed E-state index contributed by atoms with van der Waals surface area (Å²) in [6.07, 6.45) is 51.1. The van der Waals surface area contributed by atoms with Crippen LogP contribution in [-0.2, 0) is 23.8 Å². The molecule has 0 saturated carbocycles.